The smallest absolute Gasteiger partial charge is 0.181 e. The average molecular weight is 278 g/mol. The van der Waals surface area contributed by atoms with Gasteiger partial charge in [-0.1, -0.05) is 42.5 Å². The molecule has 0 saturated heterocycles. The van der Waals surface area contributed by atoms with E-state index >= 15 is 0 Å². The minimum absolute atomic E-state index is 0.0393. The highest BCUT2D eigenvalue weighted by molar-refractivity contribution is 5.86. The van der Waals surface area contributed by atoms with Crippen molar-refractivity contribution < 1.29 is 0 Å². The molecule has 2 aromatic carbocycles. The van der Waals surface area contributed by atoms with Crippen LogP contribution in [-0.2, 0) is 6.54 Å². The third-order valence-corrected chi connectivity index (χ3v) is 3.80. The second-order valence-corrected chi connectivity index (χ2v) is 5.14. The SMILES string of the molecule is CNC(Cn1ccc(=O)cc1)c1cccc2ccccc12. The van der Waals surface area contributed by atoms with Crippen molar-refractivity contribution in [2.75, 3.05) is 7.05 Å². The number of pyridine rings is 1. The molecule has 0 amide bonds. The van der Waals surface area contributed by atoms with E-state index in [1.807, 2.05) is 24.0 Å². The van der Waals surface area contributed by atoms with Gasteiger partial charge in [0.25, 0.3) is 0 Å². The van der Waals surface area contributed by atoms with E-state index in [2.05, 4.69) is 47.8 Å². The first-order valence-electron chi connectivity index (χ1n) is 7.09. The first-order chi connectivity index (χ1) is 10.3. The fourth-order valence-electron chi connectivity index (χ4n) is 2.68. The lowest BCUT2D eigenvalue weighted by Gasteiger charge is -2.20. The van der Waals surface area contributed by atoms with E-state index < -0.39 is 0 Å². The van der Waals surface area contributed by atoms with Gasteiger partial charge in [0.15, 0.2) is 5.43 Å². The van der Waals surface area contributed by atoms with Gasteiger partial charge in [0.05, 0.1) is 6.04 Å². The number of benzene rings is 2. The van der Waals surface area contributed by atoms with Crippen molar-refractivity contribution in [3.8, 4) is 0 Å². The first kappa shape index (κ1) is 13.6. The van der Waals surface area contributed by atoms with Gasteiger partial charge >= 0.3 is 0 Å². The second kappa shape index (κ2) is 5.94. The Bertz CT molecular complexity index is 782. The quantitative estimate of drug-likeness (QED) is 0.796. The number of likely N-dealkylation sites (N-methyl/N-ethyl adjacent to an activating group) is 1. The van der Waals surface area contributed by atoms with E-state index in [9.17, 15) is 4.79 Å². The Labute approximate surface area is 123 Å². The average Bonchev–Trinajstić information content (AvgIpc) is 2.54. The molecule has 0 fully saturated rings. The Hall–Kier alpha value is -2.39. The molecule has 3 rings (SSSR count). The van der Waals surface area contributed by atoms with Crippen molar-refractivity contribution in [1.82, 2.24) is 9.88 Å². The van der Waals surface area contributed by atoms with Crippen LogP contribution in [0.5, 0.6) is 0 Å². The van der Waals surface area contributed by atoms with Crippen LogP contribution in [-0.4, -0.2) is 11.6 Å². The largest absolute Gasteiger partial charge is 0.352 e. The summed E-state index contributed by atoms with van der Waals surface area (Å²) in [5.41, 5.74) is 1.31. The van der Waals surface area contributed by atoms with E-state index in [-0.39, 0.29) is 11.5 Å². The molecule has 0 aliphatic heterocycles. The van der Waals surface area contributed by atoms with Gasteiger partial charge in [-0.05, 0) is 23.4 Å². The van der Waals surface area contributed by atoms with Crippen LogP contribution >= 0.6 is 0 Å². The number of hydrogen-bond donors (Lipinski definition) is 1. The number of nitrogens with one attached hydrogen (secondary N) is 1. The molecule has 0 radical (unpaired) electrons. The highest BCUT2D eigenvalue weighted by atomic mass is 16.1. The van der Waals surface area contributed by atoms with E-state index in [0.29, 0.717) is 0 Å². The fourth-order valence-corrected chi connectivity index (χ4v) is 2.68. The molecule has 0 saturated carbocycles. The Morgan fingerprint density at radius 3 is 2.48 bits per heavy atom. The van der Waals surface area contributed by atoms with Gasteiger partial charge in [-0.25, -0.2) is 0 Å². The Morgan fingerprint density at radius 2 is 1.71 bits per heavy atom. The highest BCUT2D eigenvalue weighted by Gasteiger charge is 2.12. The zero-order chi connectivity index (χ0) is 14.7. The minimum atomic E-state index is 0.0393. The van der Waals surface area contributed by atoms with Crippen LogP contribution < -0.4 is 10.7 Å². The molecule has 1 atom stereocenters. The molecule has 3 heteroatoms. The van der Waals surface area contributed by atoms with Crippen LogP contribution in [0.2, 0.25) is 0 Å². The summed E-state index contributed by atoms with van der Waals surface area (Å²) in [6.07, 6.45) is 3.66. The summed E-state index contributed by atoms with van der Waals surface area (Å²) in [5.74, 6) is 0. The van der Waals surface area contributed by atoms with Crippen molar-refractivity contribution in [3.63, 3.8) is 0 Å². The molecular weight excluding hydrogens is 260 g/mol. The van der Waals surface area contributed by atoms with Gasteiger partial charge in [-0.2, -0.15) is 0 Å². The van der Waals surface area contributed by atoms with Gasteiger partial charge in [-0.3, -0.25) is 4.79 Å². The summed E-state index contributed by atoms with van der Waals surface area (Å²) in [6.45, 7) is 0.783. The molecule has 0 bridgehead atoms. The fraction of sp³-hybridized carbons (Fsp3) is 0.167. The van der Waals surface area contributed by atoms with Gasteiger partial charge in [0, 0.05) is 31.1 Å². The number of aromatic nitrogens is 1. The summed E-state index contributed by atoms with van der Waals surface area (Å²) in [7, 11) is 1.97. The summed E-state index contributed by atoms with van der Waals surface area (Å²) >= 11 is 0. The standard InChI is InChI=1S/C18H18N2O/c1-19-18(13-20-11-9-15(21)10-12-20)17-8-4-6-14-5-2-3-7-16(14)17/h2-12,18-19H,13H2,1H3. The molecule has 1 aromatic heterocycles. The van der Waals surface area contributed by atoms with Crippen LogP contribution in [0.25, 0.3) is 10.8 Å². The van der Waals surface area contributed by atoms with Crippen molar-refractivity contribution in [2.45, 2.75) is 12.6 Å². The molecule has 3 nitrogen and oxygen atoms in total. The van der Waals surface area contributed by atoms with E-state index in [4.69, 9.17) is 0 Å². The monoisotopic (exact) mass is 278 g/mol. The van der Waals surface area contributed by atoms with Crippen LogP contribution in [0.4, 0.5) is 0 Å². The minimum Gasteiger partial charge on any atom is -0.352 e. The first-order valence-corrected chi connectivity index (χ1v) is 7.09. The number of hydrogen-bond acceptors (Lipinski definition) is 2. The maximum Gasteiger partial charge on any atom is 0.181 e. The lowest BCUT2D eigenvalue weighted by molar-refractivity contribution is 0.501. The van der Waals surface area contributed by atoms with Crippen LogP contribution in [0.15, 0.2) is 71.8 Å². The highest BCUT2D eigenvalue weighted by Crippen LogP contribution is 2.25. The summed E-state index contributed by atoms with van der Waals surface area (Å²) in [5, 5.41) is 5.88. The van der Waals surface area contributed by atoms with E-state index in [0.717, 1.165) is 6.54 Å². The van der Waals surface area contributed by atoms with Crippen LogP contribution in [0.3, 0.4) is 0 Å². The molecule has 1 unspecified atom stereocenters. The Morgan fingerprint density at radius 1 is 1.00 bits per heavy atom. The number of rotatable bonds is 4. The predicted molar refractivity (Wildman–Crippen MR) is 86.5 cm³/mol. The molecule has 21 heavy (non-hydrogen) atoms. The molecule has 0 aliphatic carbocycles. The van der Waals surface area contributed by atoms with Crippen molar-refractivity contribution in [2.24, 2.45) is 0 Å². The van der Waals surface area contributed by atoms with Gasteiger partial charge in [0.2, 0.25) is 0 Å². The summed E-state index contributed by atoms with van der Waals surface area (Å²) in [6, 6.07) is 18.2. The van der Waals surface area contributed by atoms with E-state index in [1.165, 1.54) is 16.3 Å². The maximum absolute atomic E-state index is 11.2. The van der Waals surface area contributed by atoms with Gasteiger partial charge < -0.3 is 9.88 Å². The molecule has 3 aromatic rings. The van der Waals surface area contributed by atoms with Crippen LogP contribution in [0, 0.1) is 0 Å². The van der Waals surface area contributed by atoms with Crippen molar-refractivity contribution in [1.29, 1.82) is 0 Å². The number of nitrogens with zero attached hydrogens (tertiary/aromatic N) is 1. The predicted octanol–water partition coefficient (Wildman–Crippen LogP) is 2.96. The van der Waals surface area contributed by atoms with Crippen molar-refractivity contribution in [3.05, 3.63) is 82.8 Å². The number of fused-ring (bicyclic) bond motifs is 1. The van der Waals surface area contributed by atoms with Crippen LogP contribution in [0.1, 0.15) is 11.6 Å². The third kappa shape index (κ3) is 2.88. The maximum atomic E-state index is 11.2. The lowest BCUT2D eigenvalue weighted by atomic mass is 9.98. The molecule has 1 N–H and O–H groups in total. The summed E-state index contributed by atoms with van der Waals surface area (Å²) in [4.78, 5) is 11.2. The normalized spacial score (nSPS) is 12.4. The molecule has 0 spiro atoms. The van der Waals surface area contributed by atoms with Crippen molar-refractivity contribution >= 4 is 10.8 Å². The van der Waals surface area contributed by atoms with Gasteiger partial charge in [-0.15, -0.1) is 0 Å². The lowest BCUT2D eigenvalue weighted by Crippen LogP contribution is -2.22. The topological polar surface area (TPSA) is 34.0 Å². The summed E-state index contributed by atoms with van der Waals surface area (Å²) < 4.78 is 2.03. The second-order valence-electron chi connectivity index (χ2n) is 5.14. The van der Waals surface area contributed by atoms with E-state index in [1.54, 1.807) is 12.1 Å². The zero-order valence-electron chi connectivity index (χ0n) is 12.0. The Kier molecular flexibility index (Phi) is 3.84. The Balaban J connectivity index is 1.98. The molecule has 1 heterocycles. The third-order valence-electron chi connectivity index (χ3n) is 3.80. The molecule has 0 aliphatic rings. The zero-order valence-corrected chi connectivity index (χ0v) is 12.0. The van der Waals surface area contributed by atoms with Gasteiger partial charge in [0.1, 0.15) is 0 Å². The molecule has 106 valence electrons. The molecular formula is C18H18N2O.